The summed E-state index contributed by atoms with van der Waals surface area (Å²) in [6.45, 7) is 0. The van der Waals surface area contributed by atoms with Crippen LogP contribution in [-0.2, 0) is 20.2 Å². The van der Waals surface area contributed by atoms with E-state index in [1.165, 1.54) is 36.4 Å². The topological polar surface area (TPSA) is 223 Å². The minimum absolute atomic E-state index is 0. The molecule has 0 saturated carbocycles. The molecule has 238 valence electrons. The first-order valence-electron chi connectivity index (χ1n) is 13.0. The SMILES string of the molecule is O=S(=O)(O)c1cc(NN=C(C=NO)c2ccccc2)ccc1C=Cc1ccc(NN=C(C=NO)c2ccccc2)cc1S(=O)(=O)O.[Na].[Na]. The molecule has 0 fully saturated rings. The zero-order valence-corrected chi connectivity index (χ0v) is 31.2. The van der Waals surface area contributed by atoms with Crippen molar-refractivity contribution in [3.63, 3.8) is 0 Å². The van der Waals surface area contributed by atoms with Crippen LogP contribution in [0.2, 0.25) is 0 Å². The number of hydrazone groups is 2. The Hall–Kier alpha value is -3.68. The summed E-state index contributed by atoms with van der Waals surface area (Å²) in [4.78, 5) is -1.05. The van der Waals surface area contributed by atoms with Gasteiger partial charge in [-0.1, -0.05) is 95.3 Å². The fourth-order valence-corrected chi connectivity index (χ4v) is 5.44. The van der Waals surface area contributed by atoms with E-state index in [1.54, 1.807) is 60.7 Å². The maximum Gasteiger partial charge on any atom is 0.295 e. The Labute approximate surface area is 320 Å². The van der Waals surface area contributed by atoms with Crippen molar-refractivity contribution in [3.05, 3.63) is 119 Å². The maximum absolute atomic E-state index is 12.2. The summed E-state index contributed by atoms with van der Waals surface area (Å²) in [7, 11) is -9.55. The summed E-state index contributed by atoms with van der Waals surface area (Å²) in [6.07, 6.45) is 4.64. The molecule has 48 heavy (non-hydrogen) atoms. The Balaban J connectivity index is 0.00000400. The van der Waals surface area contributed by atoms with Gasteiger partial charge in [-0.25, -0.2) is 0 Å². The van der Waals surface area contributed by atoms with Crippen LogP contribution in [0.25, 0.3) is 12.2 Å². The van der Waals surface area contributed by atoms with Gasteiger partial charge in [-0.15, -0.1) is 0 Å². The third-order valence-electron chi connectivity index (χ3n) is 6.14. The minimum Gasteiger partial charge on any atom is -0.411 e. The van der Waals surface area contributed by atoms with Crippen LogP contribution >= 0.6 is 0 Å². The summed E-state index contributed by atoms with van der Waals surface area (Å²) in [6, 6.07) is 25.2. The van der Waals surface area contributed by atoms with Crippen molar-refractivity contribution < 1.29 is 36.4 Å². The summed E-state index contributed by atoms with van der Waals surface area (Å²) in [5.41, 5.74) is 7.22. The van der Waals surface area contributed by atoms with Crippen molar-refractivity contribution in [3.8, 4) is 0 Å². The Morgan fingerprint density at radius 1 is 0.562 bits per heavy atom. The van der Waals surface area contributed by atoms with Gasteiger partial charge < -0.3 is 10.4 Å². The van der Waals surface area contributed by atoms with E-state index in [0.29, 0.717) is 11.1 Å². The van der Waals surface area contributed by atoms with Crippen LogP contribution in [0.3, 0.4) is 0 Å². The van der Waals surface area contributed by atoms with Crippen LogP contribution in [0.1, 0.15) is 22.3 Å². The average Bonchev–Trinajstić information content (AvgIpc) is 3.04. The van der Waals surface area contributed by atoms with Gasteiger partial charge >= 0.3 is 0 Å². The predicted octanol–water partition coefficient (Wildman–Crippen LogP) is 4.14. The first-order valence-corrected chi connectivity index (χ1v) is 15.9. The van der Waals surface area contributed by atoms with E-state index in [-0.39, 0.29) is 93.0 Å². The van der Waals surface area contributed by atoms with Crippen LogP contribution in [0.15, 0.2) is 127 Å². The Morgan fingerprint density at radius 3 is 1.23 bits per heavy atom. The molecule has 0 aromatic heterocycles. The zero-order chi connectivity index (χ0) is 33.2. The molecule has 0 aliphatic rings. The second-order valence-electron chi connectivity index (χ2n) is 9.23. The summed E-state index contributed by atoms with van der Waals surface area (Å²) in [5, 5.41) is 32.2. The van der Waals surface area contributed by atoms with Gasteiger partial charge in [0, 0.05) is 70.2 Å². The fraction of sp³-hybridized carbons (Fsp3) is 0. The van der Waals surface area contributed by atoms with E-state index < -0.39 is 30.0 Å². The molecule has 4 aromatic carbocycles. The first kappa shape index (κ1) is 40.5. The molecular weight excluding hydrogens is 682 g/mol. The number of oxime groups is 2. The molecule has 14 nitrogen and oxygen atoms in total. The standard InChI is InChI=1S/C30H26N6O8S2.2Na/c37-31-19-27(21-7-3-1-4-8-21)35-33-25-15-13-23(29(17-25)45(39,40)41)11-12-24-14-16-26(18-30(24)46(42,43)44)34-36-28(20-32-38)22-9-5-2-6-10-22;;/h1-20,33-34,37-38H,(H,39,40,41)(H,42,43,44);;. The minimum atomic E-state index is -4.78. The number of hydrogen-bond acceptors (Lipinski definition) is 12. The molecule has 0 saturated heterocycles. The van der Waals surface area contributed by atoms with Crippen LogP contribution < -0.4 is 10.9 Å². The number of benzene rings is 4. The molecule has 4 aromatic rings. The molecule has 0 amide bonds. The van der Waals surface area contributed by atoms with Crippen molar-refractivity contribution in [2.24, 2.45) is 20.5 Å². The van der Waals surface area contributed by atoms with E-state index in [2.05, 4.69) is 31.4 Å². The van der Waals surface area contributed by atoms with Gasteiger partial charge in [-0.05, 0) is 35.4 Å². The molecule has 0 spiro atoms. The Morgan fingerprint density at radius 2 is 0.917 bits per heavy atom. The second kappa shape index (κ2) is 18.8. The van der Waals surface area contributed by atoms with Crippen molar-refractivity contribution in [2.45, 2.75) is 9.79 Å². The third-order valence-corrected chi connectivity index (χ3v) is 7.95. The van der Waals surface area contributed by atoms with Crippen LogP contribution in [-0.4, -0.2) is 119 Å². The average molecular weight is 709 g/mol. The van der Waals surface area contributed by atoms with Gasteiger partial charge in [0.25, 0.3) is 20.2 Å². The molecule has 4 rings (SSSR count). The molecule has 0 aliphatic carbocycles. The van der Waals surface area contributed by atoms with Crippen LogP contribution in [0, 0.1) is 0 Å². The number of hydrogen-bond donors (Lipinski definition) is 6. The monoisotopic (exact) mass is 708 g/mol. The van der Waals surface area contributed by atoms with Crippen LogP contribution in [0.5, 0.6) is 0 Å². The molecule has 0 aliphatic heterocycles. The van der Waals surface area contributed by atoms with Gasteiger partial charge in [0.05, 0.1) is 23.8 Å². The number of rotatable bonds is 12. The van der Waals surface area contributed by atoms with Gasteiger partial charge in [-0.2, -0.15) is 27.0 Å². The van der Waals surface area contributed by atoms with Gasteiger partial charge in [0.15, 0.2) is 0 Å². The van der Waals surface area contributed by atoms with Crippen molar-refractivity contribution >= 4 is 127 Å². The molecule has 0 bridgehead atoms. The van der Waals surface area contributed by atoms with E-state index in [0.717, 1.165) is 24.6 Å². The van der Waals surface area contributed by atoms with E-state index in [1.807, 2.05) is 0 Å². The number of nitrogens with one attached hydrogen (secondary N) is 2. The normalized spacial score (nSPS) is 12.5. The van der Waals surface area contributed by atoms with E-state index in [4.69, 9.17) is 10.4 Å². The van der Waals surface area contributed by atoms with Gasteiger partial charge in [-0.3, -0.25) is 20.0 Å². The summed E-state index contributed by atoms with van der Waals surface area (Å²) in [5.74, 6) is 0. The Bertz CT molecular complexity index is 1930. The molecule has 18 heteroatoms. The third kappa shape index (κ3) is 11.5. The van der Waals surface area contributed by atoms with Crippen LogP contribution in [0.4, 0.5) is 11.4 Å². The van der Waals surface area contributed by atoms with Gasteiger partial charge in [0.1, 0.15) is 21.2 Å². The number of nitrogens with zero attached hydrogens (tertiary/aromatic N) is 4. The summed E-state index contributed by atoms with van der Waals surface area (Å²) < 4.78 is 68.8. The number of anilines is 2. The predicted molar refractivity (Wildman–Crippen MR) is 187 cm³/mol. The Kier molecular flexibility index (Phi) is 15.8. The van der Waals surface area contributed by atoms with Crippen molar-refractivity contribution in [1.82, 2.24) is 0 Å². The molecule has 0 atom stereocenters. The summed E-state index contributed by atoms with van der Waals surface area (Å²) >= 11 is 0. The second-order valence-corrected chi connectivity index (χ2v) is 12.0. The molecule has 0 unspecified atom stereocenters. The quantitative estimate of drug-likeness (QED) is 0.0308. The smallest absolute Gasteiger partial charge is 0.295 e. The maximum atomic E-state index is 12.2. The van der Waals surface area contributed by atoms with E-state index >= 15 is 0 Å². The van der Waals surface area contributed by atoms with Crippen molar-refractivity contribution in [1.29, 1.82) is 0 Å². The van der Waals surface area contributed by atoms with E-state index in [9.17, 15) is 25.9 Å². The zero-order valence-electron chi connectivity index (χ0n) is 25.6. The fourth-order valence-electron chi connectivity index (χ4n) is 4.02. The molecule has 0 heterocycles. The molecule has 2 radical (unpaired) electrons. The van der Waals surface area contributed by atoms with Crippen molar-refractivity contribution in [2.75, 3.05) is 10.9 Å². The van der Waals surface area contributed by atoms with Gasteiger partial charge in [0.2, 0.25) is 0 Å². The molecular formula is C30H26N6Na2O8S2. The largest absolute Gasteiger partial charge is 0.411 e. The first-order chi connectivity index (χ1) is 22.0. The molecule has 6 N–H and O–H groups in total.